The summed E-state index contributed by atoms with van der Waals surface area (Å²) in [6.07, 6.45) is 6.43. The van der Waals surface area contributed by atoms with E-state index < -0.39 is 6.04 Å². The van der Waals surface area contributed by atoms with E-state index in [-0.39, 0.29) is 17.6 Å². The summed E-state index contributed by atoms with van der Waals surface area (Å²) in [5.74, 6) is -0.457. The van der Waals surface area contributed by atoms with Gasteiger partial charge in [0.05, 0.1) is 29.1 Å². The molecule has 0 aliphatic heterocycles. The van der Waals surface area contributed by atoms with Crippen LogP contribution in [0.4, 0.5) is 5.69 Å². The van der Waals surface area contributed by atoms with Gasteiger partial charge in [-0.3, -0.25) is 19.6 Å². The van der Waals surface area contributed by atoms with Crippen molar-refractivity contribution in [3.8, 4) is 0 Å². The SMILES string of the molecule is CC(=O)CCCCC[C@H](NC(=O)c1cncs1)C(=O)Nc1cnc2ccccc2c1. The molecule has 0 unspecified atom stereocenters. The zero-order valence-electron chi connectivity index (χ0n) is 16.8. The third-order valence-corrected chi connectivity index (χ3v) is 5.43. The van der Waals surface area contributed by atoms with Gasteiger partial charge in [-0.1, -0.05) is 31.0 Å². The summed E-state index contributed by atoms with van der Waals surface area (Å²) in [6, 6.07) is 8.81. The lowest BCUT2D eigenvalue weighted by atomic mass is 10.1. The van der Waals surface area contributed by atoms with Gasteiger partial charge >= 0.3 is 0 Å². The average molecular weight is 425 g/mol. The largest absolute Gasteiger partial charge is 0.339 e. The van der Waals surface area contributed by atoms with Crippen molar-refractivity contribution in [1.29, 1.82) is 0 Å². The van der Waals surface area contributed by atoms with Crippen LogP contribution in [0, 0.1) is 0 Å². The van der Waals surface area contributed by atoms with Crippen LogP contribution < -0.4 is 10.6 Å². The highest BCUT2D eigenvalue weighted by Crippen LogP contribution is 2.17. The van der Waals surface area contributed by atoms with Crippen molar-refractivity contribution < 1.29 is 14.4 Å². The maximum absolute atomic E-state index is 12.9. The van der Waals surface area contributed by atoms with Gasteiger partial charge in [0.15, 0.2) is 0 Å². The van der Waals surface area contributed by atoms with Gasteiger partial charge in [0.2, 0.25) is 5.91 Å². The van der Waals surface area contributed by atoms with E-state index in [0.717, 1.165) is 30.2 Å². The number of thiazole rings is 1. The number of carbonyl (C=O) groups excluding carboxylic acids is 3. The lowest BCUT2D eigenvalue weighted by molar-refractivity contribution is -0.118. The second-order valence-electron chi connectivity index (χ2n) is 7.10. The number of para-hydroxylation sites is 1. The molecule has 0 spiro atoms. The first-order valence-electron chi connectivity index (χ1n) is 9.87. The molecule has 0 aliphatic carbocycles. The first-order chi connectivity index (χ1) is 14.5. The Kier molecular flexibility index (Phi) is 7.62. The van der Waals surface area contributed by atoms with E-state index in [0.29, 0.717) is 23.4 Å². The molecule has 0 fully saturated rings. The number of Topliss-reactive ketones (excluding diaryl/α,β-unsaturated/α-hetero) is 1. The number of hydrogen-bond donors (Lipinski definition) is 2. The number of anilines is 1. The zero-order chi connectivity index (χ0) is 21.3. The number of hydrogen-bond acceptors (Lipinski definition) is 6. The minimum absolute atomic E-state index is 0.159. The average Bonchev–Trinajstić information content (AvgIpc) is 3.27. The minimum Gasteiger partial charge on any atom is -0.339 e. The molecule has 1 aromatic carbocycles. The molecule has 3 aromatic rings. The Balaban J connectivity index is 1.65. The molecule has 1 atom stereocenters. The summed E-state index contributed by atoms with van der Waals surface area (Å²) in [5.41, 5.74) is 3.00. The summed E-state index contributed by atoms with van der Waals surface area (Å²) >= 11 is 1.22. The van der Waals surface area contributed by atoms with Crippen LogP contribution in [0.2, 0.25) is 0 Å². The number of carbonyl (C=O) groups is 3. The molecule has 0 saturated heterocycles. The molecule has 2 aromatic heterocycles. The third kappa shape index (κ3) is 6.18. The molecule has 7 nitrogen and oxygen atoms in total. The molecule has 156 valence electrons. The van der Waals surface area contributed by atoms with Crippen LogP contribution in [0.25, 0.3) is 10.9 Å². The van der Waals surface area contributed by atoms with E-state index in [1.165, 1.54) is 17.5 Å². The van der Waals surface area contributed by atoms with Gasteiger partial charge in [0.25, 0.3) is 5.91 Å². The number of amides is 2. The molecule has 3 rings (SSSR count). The first kappa shape index (κ1) is 21.6. The molecule has 30 heavy (non-hydrogen) atoms. The van der Waals surface area contributed by atoms with E-state index in [1.54, 1.807) is 18.6 Å². The standard InChI is InChI=1S/C22H24N4O3S/c1-15(27)7-3-2-4-10-19(26-22(29)20-13-23-14-30-20)21(28)25-17-11-16-8-5-6-9-18(16)24-12-17/h5-6,8-9,11-14,19H,2-4,7,10H2,1H3,(H,25,28)(H,26,29)/t19-/m0/s1. The Morgan fingerprint density at radius 2 is 1.93 bits per heavy atom. The molecule has 2 heterocycles. The molecule has 0 radical (unpaired) electrons. The normalized spacial score (nSPS) is 11.8. The van der Waals surface area contributed by atoms with Gasteiger partial charge < -0.3 is 15.4 Å². The van der Waals surface area contributed by atoms with E-state index in [9.17, 15) is 14.4 Å². The molecule has 0 saturated carbocycles. The molecule has 0 bridgehead atoms. The van der Waals surface area contributed by atoms with Crippen molar-refractivity contribution in [3.05, 3.63) is 53.1 Å². The molecule has 2 N–H and O–H groups in total. The maximum atomic E-state index is 12.9. The number of benzene rings is 1. The Labute approximate surface area is 178 Å². The molecular formula is C22H24N4O3S. The molecule has 8 heteroatoms. The lowest BCUT2D eigenvalue weighted by Crippen LogP contribution is -2.43. The highest BCUT2D eigenvalue weighted by atomic mass is 32.1. The quantitative estimate of drug-likeness (QED) is 0.480. The number of ketones is 1. The van der Waals surface area contributed by atoms with Crippen molar-refractivity contribution in [1.82, 2.24) is 15.3 Å². The van der Waals surface area contributed by atoms with E-state index in [4.69, 9.17) is 0 Å². The van der Waals surface area contributed by atoms with Crippen LogP contribution in [0.5, 0.6) is 0 Å². The van der Waals surface area contributed by atoms with Gasteiger partial charge in [0.1, 0.15) is 16.7 Å². The Bertz CT molecular complexity index is 1020. The van der Waals surface area contributed by atoms with Crippen molar-refractivity contribution >= 4 is 45.5 Å². The van der Waals surface area contributed by atoms with Crippen LogP contribution in [0.1, 0.15) is 48.7 Å². The van der Waals surface area contributed by atoms with E-state index in [1.807, 2.05) is 30.3 Å². The van der Waals surface area contributed by atoms with Gasteiger partial charge in [-0.2, -0.15) is 0 Å². The van der Waals surface area contributed by atoms with Crippen LogP contribution in [-0.2, 0) is 9.59 Å². The van der Waals surface area contributed by atoms with Crippen molar-refractivity contribution in [2.24, 2.45) is 0 Å². The Morgan fingerprint density at radius 1 is 1.10 bits per heavy atom. The Morgan fingerprint density at radius 3 is 2.70 bits per heavy atom. The van der Waals surface area contributed by atoms with Gasteiger partial charge in [-0.25, -0.2) is 0 Å². The first-order valence-corrected chi connectivity index (χ1v) is 10.8. The topological polar surface area (TPSA) is 101 Å². The van der Waals surface area contributed by atoms with Crippen molar-refractivity contribution in [2.45, 2.75) is 45.1 Å². The maximum Gasteiger partial charge on any atom is 0.263 e. The smallest absolute Gasteiger partial charge is 0.263 e. The zero-order valence-corrected chi connectivity index (χ0v) is 17.6. The monoisotopic (exact) mass is 424 g/mol. The number of fused-ring (bicyclic) bond motifs is 1. The number of unbranched alkanes of at least 4 members (excludes halogenated alkanes) is 2. The second kappa shape index (κ2) is 10.6. The summed E-state index contributed by atoms with van der Waals surface area (Å²) in [7, 11) is 0. The van der Waals surface area contributed by atoms with Gasteiger partial charge in [0, 0.05) is 11.8 Å². The van der Waals surface area contributed by atoms with Crippen LogP contribution >= 0.6 is 11.3 Å². The van der Waals surface area contributed by atoms with E-state index >= 15 is 0 Å². The number of nitrogens with zero attached hydrogens (tertiary/aromatic N) is 2. The predicted molar refractivity (Wildman–Crippen MR) is 118 cm³/mol. The third-order valence-electron chi connectivity index (χ3n) is 4.66. The van der Waals surface area contributed by atoms with Gasteiger partial charge in [-0.15, -0.1) is 11.3 Å². The molecule has 0 aliphatic rings. The number of aromatic nitrogens is 2. The summed E-state index contributed by atoms with van der Waals surface area (Å²) in [4.78, 5) is 45.2. The van der Waals surface area contributed by atoms with Crippen LogP contribution in [-0.4, -0.2) is 33.6 Å². The van der Waals surface area contributed by atoms with Crippen molar-refractivity contribution in [3.63, 3.8) is 0 Å². The lowest BCUT2D eigenvalue weighted by Gasteiger charge is -2.18. The fourth-order valence-corrected chi connectivity index (χ4v) is 3.62. The van der Waals surface area contributed by atoms with Gasteiger partial charge in [-0.05, 0) is 31.9 Å². The van der Waals surface area contributed by atoms with Crippen molar-refractivity contribution in [2.75, 3.05) is 5.32 Å². The molecular weight excluding hydrogens is 400 g/mol. The number of rotatable bonds is 10. The highest BCUT2D eigenvalue weighted by Gasteiger charge is 2.22. The fraction of sp³-hybridized carbons (Fsp3) is 0.318. The second-order valence-corrected chi connectivity index (χ2v) is 7.99. The molecule has 2 amide bonds. The predicted octanol–water partition coefficient (Wildman–Crippen LogP) is 3.97. The van der Waals surface area contributed by atoms with Crippen LogP contribution in [0.3, 0.4) is 0 Å². The summed E-state index contributed by atoms with van der Waals surface area (Å²) in [5, 5.41) is 6.59. The summed E-state index contributed by atoms with van der Waals surface area (Å²) < 4.78 is 0. The number of nitrogens with one attached hydrogen (secondary N) is 2. The number of pyridine rings is 1. The minimum atomic E-state index is -0.691. The van der Waals surface area contributed by atoms with E-state index in [2.05, 4.69) is 20.6 Å². The fourth-order valence-electron chi connectivity index (χ4n) is 3.09. The summed E-state index contributed by atoms with van der Waals surface area (Å²) in [6.45, 7) is 1.57. The Hall–Kier alpha value is -3.13. The highest BCUT2D eigenvalue weighted by molar-refractivity contribution is 7.11. The van der Waals surface area contributed by atoms with Crippen LogP contribution in [0.15, 0.2) is 48.2 Å².